The van der Waals surface area contributed by atoms with Crippen LogP contribution >= 0.6 is 0 Å². The molecule has 0 rings (SSSR count). The van der Waals surface area contributed by atoms with Gasteiger partial charge in [0.1, 0.15) is 19.5 Å². The SMILES string of the molecule is CC(=O)NCCCC(=O)NCCOCCOCC(=O)NCCOCCOCC=O. The molecule has 0 heterocycles. The highest BCUT2D eigenvalue weighted by atomic mass is 16.5. The molecule has 11 heteroatoms. The fraction of sp³-hybridized carbons (Fsp3) is 0.778. The van der Waals surface area contributed by atoms with Crippen LogP contribution in [0, 0.1) is 0 Å². The van der Waals surface area contributed by atoms with Crippen LogP contribution in [0.25, 0.3) is 0 Å². The lowest BCUT2D eigenvalue weighted by atomic mass is 10.3. The lowest BCUT2D eigenvalue weighted by molar-refractivity contribution is -0.126. The number of carbonyl (C=O) groups excluding carboxylic acids is 4. The summed E-state index contributed by atoms with van der Waals surface area (Å²) in [7, 11) is 0. The van der Waals surface area contributed by atoms with Gasteiger partial charge >= 0.3 is 0 Å². The molecule has 0 fully saturated rings. The third-order valence-electron chi connectivity index (χ3n) is 3.25. The molecule has 0 bridgehead atoms. The largest absolute Gasteiger partial charge is 0.377 e. The van der Waals surface area contributed by atoms with Gasteiger partial charge in [-0.1, -0.05) is 0 Å². The standard InChI is InChI=1S/C18H33N3O8/c1-16(23)19-4-2-3-17(24)20-5-8-27-13-14-29-15-18(25)21-6-9-26-11-12-28-10-7-22/h7H,2-6,8-15H2,1H3,(H,19,23)(H,20,24)(H,21,25). The van der Waals surface area contributed by atoms with Crippen molar-refractivity contribution in [1.82, 2.24) is 16.0 Å². The number of nitrogens with one attached hydrogen (secondary N) is 3. The summed E-state index contributed by atoms with van der Waals surface area (Å²) >= 11 is 0. The summed E-state index contributed by atoms with van der Waals surface area (Å²) in [6, 6.07) is 0. The van der Waals surface area contributed by atoms with Crippen LogP contribution in [0.4, 0.5) is 0 Å². The van der Waals surface area contributed by atoms with Crippen molar-refractivity contribution in [3.8, 4) is 0 Å². The van der Waals surface area contributed by atoms with Gasteiger partial charge in [-0.05, 0) is 6.42 Å². The highest BCUT2D eigenvalue weighted by Crippen LogP contribution is 1.87. The fourth-order valence-corrected chi connectivity index (χ4v) is 1.91. The Morgan fingerprint density at radius 1 is 0.724 bits per heavy atom. The lowest BCUT2D eigenvalue weighted by Gasteiger charge is -2.08. The molecule has 3 amide bonds. The van der Waals surface area contributed by atoms with Crippen molar-refractivity contribution in [2.45, 2.75) is 19.8 Å². The minimum absolute atomic E-state index is 0.0525. The molecule has 168 valence electrons. The number of ether oxygens (including phenoxy) is 4. The van der Waals surface area contributed by atoms with Crippen LogP contribution in [0.1, 0.15) is 19.8 Å². The van der Waals surface area contributed by atoms with Crippen molar-refractivity contribution in [3.63, 3.8) is 0 Å². The normalized spacial score (nSPS) is 10.4. The molecular formula is C18H33N3O8. The van der Waals surface area contributed by atoms with Gasteiger partial charge in [-0.25, -0.2) is 0 Å². The van der Waals surface area contributed by atoms with Crippen molar-refractivity contribution in [1.29, 1.82) is 0 Å². The van der Waals surface area contributed by atoms with E-state index < -0.39 is 0 Å². The topological polar surface area (TPSA) is 141 Å². The Kier molecular flexibility index (Phi) is 19.2. The fourth-order valence-electron chi connectivity index (χ4n) is 1.91. The molecule has 0 aromatic carbocycles. The Hall–Kier alpha value is -2.08. The number of hydrogen-bond acceptors (Lipinski definition) is 8. The van der Waals surface area contributed by atoms with E-state index in [1.54, 1.807) is 0 Å². The number of carbonyl (C=O) groups is 4. The lowest BCUT2D eigenvalue weighted by Crippen LogP contribution is -2.31. The third-order valence-corrected chi connectivity index (χ3v) is 3.25. The highest BCUT2D eigenvalue weighted by Gasteiger charge is 2.02. The summed E-state index contributed by atoms with van der Waals surface area (Å²) in [5.41, 5.74) is 0. The number of amides is 3. The van der Waals surface area contributed by atoms with Crippen molar-refractivity contribution in [3.05, 3.63) is 0 Å². The maximum atomic E-state index is 11.5. The van der Waals surface area contributed by atoms with E-state index in [2.05, 4.69) is 16.0 Å². The zero-order valence-electron chi connectivity index (χ0n) is 17.0. The minimum Gasteiger partial charge on any atom is -0.377 e. The van der Waals surface area contributed by atoms with Crippen LogP contribution in [0.15, 0.2) is 0 Å². The molecule has 0 saturated heterocycles. The quantitative estimate of drug-likeness (QED) is 0.158. The summed E-state index contributed by atoms with van der Waals surface area (Å²) in [5.74, 6) is -0.455. The third kappa shape index (κ3) is 22.1. The first-order chi connectivity index (χ1) is 14.1. The van der Waals surface area contributed by atoms with E-state index in [1.165, 1.54) is 6.92 Å². The molecule has 0 aromatic rings. The Bertz CT molecular complexity index is 462. The summed E-state index contributed by atoms with van der Waals surface area (Å²) in [6.07, 6.45) is 1.60. The van der Waals surface area contributed by atoms with Gasteiger partial charge < -0.3 is 39.7 Å². The predicted molar refractivity (Wildman–Crippen MR) is 103 cm³/mol. The molecule has 0 aromatic heterocycles. The Labute approximate surface area is 171 Å². The van der Waals surface area contributed by atoms with Gasteiger partial charge in [0.05, 0.1) is 39.6 Å². The molecule has 0 atom stereocenters. The van der Waals surface area contributed by atoms with Crippen LogP contribution in [0.2, 0.25) is 0 Å². The minimum atomic E-state index is -0.252. The van der Waals surface area contributed by atoms with Gasteiger partial charge in [0.15, 0.2) is 0 Å². The Balaban J connectivity index is 3.29. The number of hydrogen-bond donors (Lipinski definition) is 3. The van der Waals surface area contributed by atoms with Gasteiger partial charge in [0.25, 0.3) is 0 Å². The van der Waals surface area contributed by atoms with Crippen LogP contribution in [0.3, 0.4) is 0 Å². The van der Waals surface area contributed by atoms with E-state index in [4.69, 9.17) is 18.9 Å². The Morgan fingerprint density at radius 3 is 1.93 bits per heavy atom. The first kappa shape index (κ1) is 26.9. The van der Waals surface area contributed by atoms with Crippen molar-refractivity contribution < 1.29 is 38.1 Å². The molecule has 0 unspecified atom stereocenters. The molecular weight excluding hydrogens is 386 g/mol. The second-order valence-corrected chi connectivity index (χ2v) is 5.81. The van der Waals surface area contributed by atoms with Gasteiger partial charge in [-0.2, -0.15) is 0 Å². The zero-order chi connectivity index (χ0) is 21.6. The maximum absolute atomic E-state index is 11.5. The van der Waals surface area contributed by atoms with Gasteiger partial charge in [-0.15, -0.1) is 0 Å². The van der Waals surface area contributed by atoms with Crippen molar-refractivity contribution in [2.24, 2.45) is 0 Å². The summed E-state index contributed by atoms with van der Waals surface area (Å²) in [6.45, 7) is 4.60. The summed E-state index contributed by atoms with van der Waals surface area (Å²) in [5, 5.41) is 7.97. The highest BCUT2D eigenvalue weighted by molar-refractivity contribution is 5.77. The van der Waals surface area contributed by atoms with Gasteiger partial charge in [0.2, 0.25) is 17.7 Å². The first-order valence-corrected chi connectivity index (χ1v) is 9.58. The molecule has 0 radical (unpaired) electrons. The van der Waals surface area contributed by atoms with E-state index in [0.717, 1.165) is 0 Å². The van der Waals surface area contributed by atoms with Gasteiger partial charge in [-0.3, -0.25) is 14.4 Å². The molecule has 29 heavy (non-hydrogen) atoms. The van der Waals surface area contributed by atoms with E-state index in [1.807, 2.05) is 0 Å². The van der Waals surface area contributed by atoms with Crippen molar-refractivity contribution >= 4 is 24.0 Å². The van der Waals surface area contributed by atoms with Gasteiger partial charge in [0, 0.05) is 33.0 Å². The summed E-state index contributed by atoms with van der Waals surface area (Å²) in [4.78, 5) is 43.7. The zero-order valence-corrected chi connectivity index (χ0v) is 17.0. The second-order valence-electron chi connectivity index (χ2n) is 5.81. The molecule has 0 aliphatic carbocycles. The van der Waals surface area contributed by atoms with Crippen LogP contribution < -0.4 is 16.0 Å². The summed E-state index contributed by atoms with van der Waals surface area (Å²) < 4.78 is 20.6. The molecule has 0 spiro atoms. The van der Waals surface area contributed by atoms with Crippen LogP contribution in [-0.2, 0) is 38.1 Å². The van der Waals surface area contributed by atoms with E-state index in [9.17, 15) is 19.2 Å². The number of rotatable bonds is 20. The smallest absolute Gasteiger partial charge is 0.246 e. The molecule has 0 aliphatic rings. The maximum Gasteiger partial charge on any atom is 0.246 e. The average Bonchev–Trinajstić information content (AvgIpc) is 2.69. The predicted octanol–water partition coefficient (Wildman–Crippen LogP) is -1.60. The van der Waals surface area contributed by atoms with Crippen LogP contribution in [-0.4, -0.2) is 96.5 Å². The average molecular weight is 419 g/mol. The number of aldehydes is 1. The van der Waals surface area contributed by atoms with E-state index in [0.29, 0.717) is 71.8 Å². The van der Waals surface area contributed by atoms with Crippen molar-refractivity contribution in [2.75, 3.05) is 72.5 Å². The van der Waals surface area contributed by atoms with Crippen LogP contribution in [0.5, 0.6) is 0 Å². The molecule has 0 saturated carbocycles. The monoisotopic (exact) mass is 419 g/mol. The Morgan fingerprint density at radius 2 is 1.31 bits per heavy atom. The first-order valence-electron chi connectivity index (χ1n) is 9.58. The molecule has 3 N–H and O–H groups in total. The van der Waals surface area contributed by atoms with E-state index in [-0.39, 0.29) is 37.5 Å². The second kappa shape index (κ2) is 20.6. The molecule has 0 aliphatic heterocycles. The molecule has 11 nitrogen and oxygen atoms in total. The van der Waals surface area contributed by atoms with E-state index >= 15 is 0 Å².